The molecule has 0 spiro atoms. The van der Waals surface area contributed by atoms with Crippen molar-refractivity contribution in [1.82, 2.24) is 13.9 Å². The van der Waals surface area contributed by atoms with Crippen LogP contribution in [0, 0.1) is 18.7 Å². The van der Waals surface area contributed by atoms with Crippen molar-refractivity contribution in [2.24, 2.45) is 5.92 Å². The van der Waals surface area contributed by atoms with Gasteiger partial charge in [-0.15, -0.1) is 0 Å². The largest absolute Gasteiger partial charge is 0.328 e. The van der Waals surface area contributed by atoms with Gasteiger partial charge in [0.2, 0.25) is 10.0 Å². The van der Waals surface area contributed by atoms with Crippen molar-refractivity contribution < 1.29 is 12.8 Å². The van der Waals surface area contributed by atoms with Crippen molar-refractivity contribution in [1.29, 1.82) is 0 Å². The maximum atomic E-state index is 13.1. The highest BCUT2D eigenvalue weighted by Gasteiger charge is 2.27. The standard InChI is InChI=1S/C19H26FN3O2S/c1-3-26(24,25)22-10-8-16(9-11-22)12-19-21-13-15(2)23(19)14-17-4-6-18(20)7-5-17/h4-7,13,16H,3,8-12,14H2,1-2H3. The first-order valence-corrected chi connectivity index (χ1v) is 10.7. The molecule has 0 saturated carbocycles. The first-order chi connectivity index (χ1) is 12.4. The van der Waals surface area contributed by atoms with Gasteiger partial charge in [0.25, 0.3) is 0 Å². The van der Waals surface area contributed by atoms with Crippen molar-refractivity contribution in [3.05, 3.63) is 53.4 Å². The van der Waals surface area contributed by atoms with Crippen molar-refractivity contribution in [3.8, 4) is 0 Å². The molecule has 0 radical (unpaired) electrons. The predicted octanol–water partition coefficient (Wildman–Crippen LogP) is 2.98. The van der Waals surface area contributed by atoms with Crippen LogP contribution in [0.5, 0.6) is 0 Å². The molecule has 7 heteroatoms. The van der Waals surface area contributed by atoms with Gasteiger partial charge in [-0.25, -0.2) is 22.1 Å². The summed E-state index contributed by atoms with van der Waals surface area (Å²) < 4.78 is 40.9. The minimum absolute atomic E-state index is 0.166. The summed E-state index contributed by atoms with van der Waals surface area (Å²) >= 11 is 0. The van der Waals surface area contributed by atoms with E-state index in [9.17, 15) is 12.8 Å². The Kier molecular flexibility index (Phi) is 5.77. The minimum atomic E-state index is -3.08. The number of sulfonamides is 1. The van der Waals surface area contributed by atoms with Crippen LogP contribution in [0.1, 0.15) is 36.8 Å². The Labute approximate surface area is 154 Å². The summed E-state index contributed by atoms with van der Waals surface area (Å²) in [5.74, 6) is 1.39. The maximum Gasteiger partial charge on any atom is 0.213 e. The summed E-state index contributed by atoms with van der Waals surface area (Å²) in [7, 11) is -3.08. The number of halogens is 1. The van der Waals surface area contributed by atoms with Crippen LogP contribution < -0.4 is 0 Å². The molecule has 3 rings (SSSR count). The molecular weight excluding hydrogens is 353 g/mol. The number of rotatable bonds is 6. The zero-order chi connectivity index (χ0) is 18.7. The van der Waals surface area contributed by atoms with E-state index >= 15 is 0 Å². The summed E-state index contributed by atoms with van der Waals surface area (Å²) in [6.45, 7) is 5.58. The van der Waals surface area contributed by atoms with E-state index in [1.54, 1.807) is 23.4 Å². The van der Waals surface area contributed by atoms with E-state index in [1.165, 1.54) is 12.1 Å². The molecule has 1 fully saturated rings. The van der Waals surface area contributed by atoms with Gasteiger partial charge in [-0.1, -0.05) is 12.1 Å². The highest BCUT2D eigenvalue weighted by atomic mass is 32.2. The Bertz CT molecular complexity index is 838. The second kappa shape index (κ2) is 7.88. The fourth-order valence-corrected chi connectivity index (χ4v) is 4.63. The van der Waals surface area contributed by atoms with E-state index in [0.717, 1.165) is 36.3 Å². The Morgan fingerprint density at radius 1 is 1.19 bits per heavy atom. The third kappa shape index (κ3) is 4.32. The highest BCUT2D eigenvalue weighted by molar-refractivity contribution is 7.89. The minimum Gasteiger partial charge on any atom is -0.328 e. The van der Waals surface area contributed by atoms with Crippen LogP contribution in [0.3, 0.4) is 0 Å². The summed E-state index contributed by atoms with van der Waals surface area (Å²) in [5, 5.41) is 0. The van der Waals surface area contributed by atoms with E-state index in [0.29, 0.717) is 25.6 Å². The molecule has 1 aliphatic rings. The fourth-order valence-electron chi connectivity index (χ4n) is 3.49. The van der Waals surface area contributed by atoms with Crippen molar-refractivity contribution in [2.45, 2.75) is 39.7 Å². The molecule has 0 amide bonds. The van der Waals surface area contributed by atoms with E-state index in [4.69, 9.17) is 0 Å². The second-order valence-electron chi connectivity index (χ2n) is 6.98. The highest BCUT2D eigenvalue weighted by Crippen LogP contribution is 2.24. The number of hydrogen-bond acceptors (Lipinski definition) is 3. The van der Waals surface area contributed by atoms with Gasteiger partial charge in [0, 0.05) is 37.9 Å². The number of piperidine rings is 1. The zero-order valence-electron chi connectivity index (χ0n) is 15.4. The molecule has 1 aromatic heterocycles. The van der Waals surface area contributed by atoms with Gasteiger partial charge >= 0.3 is 0 Å². The number of hydrogen-bond donors (Lipinski definition) is 0. The molecule has 1 aromatic carbocycles. The Morgan fingerprint density at radius 3 is 2.46 bits per heavy atom. The number of aryl methyl sites for hydroxylation is 1. The van der Waals surface area contributed by atoms with Crippen LogP contribution in [-0.2, 0) is 23.0 Å². The van der Waals surface area contributed by atoms with E-state index < -0.39 is 10.0 Å². The van der Waals surface area contributed by atoms with Crippen LogP contribution in [0.2, 0.25) is 0 Å². The van der Waals surface area contributed by atoms with E-state index in [-0.39, 0.29) is 11.6 Å². The first-order valence-electron chi connectivity index (χ1n) is 9.12. The maximum absolute atomic E-state index is 13.1. The molecule has 0 N–H and O–H groups in total. The molecule has 1 saturated heterocycles. The van der Waals surface area contributed by atoms with Crippen LogP contribution in [-0.4, -0.2) is 41.1 Å². The van der Waals surface area contributed by atoms with Crippen molar-refractivity contribution in [3.63, 3.8) is 0 Å². The monoisotopic (exact) mass is 379 g/mol. The van der Waals surface area contributed by atoms with Crippen LogP contribution in [0.15, 0.2) is 30.5 Å². The summed E-state index contributed by atoms with van der Waals surface area (Å²) in [6, 6.07) is 6.55. The lowest BCUT2D eigenvalue weighted by molar-refractivity contribution is 0.269. The molecule has 0 aliphatic carbocycles. The molecule has 5 nitrogen and oxygen atoms in total. The predicted molar refractivity (Wildman–Crippen MR) is 99.9 cm³/mol. The molecule has 142 valence electrons. The molecule has 0 atom stereocenters. The summed E-state index contributed by atoms with van der Waals surface area (Å²) in [6.07, 6.45) is 4.44. The molecule has 0 unspecified atom stereocenters. The number of benzene rings is 1. The molecule has 2 aromatic rings. The first kappa shape index (κ1) is 19.0. The second-order valence-corrected chi connectivity index (χ2v) is 9.23. The van der Waals surface area contributed by atoms with E-state index in [1.807, 2.05) is 13.1 Å². The van der Waals surface area contributed by atoms with Crippen LogP contribution in [0.25, 0.3) is 0 Å². The Hall–Kier alpha value is -1.73. The van der Waals surface area contributed by atoms with Gasteiger partial charge in [-0.3, -0.25) is 0 Å². The lowest BCUT2D eigenvalue weighted by Gasteiger charge is -2.31. The Morgan fingerprint density at radius 2 is 1.85 bits per heavy atom. The Balaban J connectivity index is 1.65. The average molecular weight is 380 g/mol. The fraction of sp³-hybridized carbons (Fsp3) is 0.526. The summed E-state index contributed by atoms with van der Waals surface area (Å²) in [4.78, 5) is 4.56. The van der Waals surface area contributed by atoms with Crippen molar-refractivity contribution >= 4 is 10.0 Å². The van der Waals surface area contributed by atoms with Gasteiger partial charge in [-0.05, 0) is 50.3 Å². The molecule has 26 heavy (non-hydrogen) atoms. The third-order valence-electron chi connectivity index (χ3n) is 5.19. The lowest BCUT2D eigenvalue weighted by atomic mass is 9.94. The topological polar surface area (TPSA) is 55.2 Å². The molecular formula is C19H26FN3O2S. The molecule has 0 bridgehead atoms. The van der Waals surface area contributed by atoms with Crippen LogP contribution >= 0.6 is 0 Å². The SMILES string of the molecule is CCS(=O)(=O)N1CCC(Cc2ncc(C)n2Cc2ccc(F)cc2)CC1. The zero-order valence-corrected chi connectivity index (χ0v) is 16.2. The van der Waals surface area contributed by atoms with Gasteiger partial charge in [0.1, 0.15) is 11.6 Å². The van der Waals surface area contributed by atoms with Crippen molar-refractivity contribution in [2.75, 3.05) is 18.8 Å². The van der Waals surface area contributed by atoms with E-state index in [2.05, 4.69) is 9.55 Å². The summed E-state index contributed by atoms with van der Waals surface area (Å²) in [5.41, 5.74) is 2.12. The molecule has 1 aliphatic heterocycles. The number of aromatic nitrogens is 2. The van der Waals surface area contributed by atoms with Crippen LogP contribution in [0.4, 0.5) is 4.39 Å². The van der Waals surface area contributed by atoms with Gasteiger partial charge in [0.15, 0.2) is 0 Å². The normalized spacial score (nSPS) is 16.9. The average Bonchev–Trinajstić information content (AvgIpc) is 2.97. The van der Waals surface area contributed by atoms with Gasteiger partial charge in [-0.2, -0.15) is 0 Å². The number of nitrogens with zero attached hydrogens (tertiary/aromatic N) is 3. The quantitative estimate of drug-likeness (QED) is 0.775. The van der Waals surface area contributed by atoms with Gasteiger partial charge < -0.3 is 4.57 Å². The van der Waals surface area contributed by atoms with Gasteiger partial charge in [0.05, 0.1) is 5.75 Å². The number of imidazole rings is 1. The molecule has 2 heterocycles. The smallest absolute Gasteiger partial charge is 0.213 e. The third-order valence-corrected chi connectivity index (χ3v) is 7.08. The lowest BCUT2D eigenvalue weighted by Crippen LogP contribution is -2.39.